The van der Waals surface area contributed by atoms with Crippen molar-refractivity contribution in [2.45, 2.75) is 20.3 Å². The summed E-state index contributed by atoms with van der Waals surface area (Å²) in [5.74, 6) is 1.37. The molecule has 0 saturated carbocycles. The number of nitrogen functional groups attached to an aromatic ring is 1. The molecular weight excluding hydrogens is 306 g/mol. The number of thiophene rings is 1. The molecule has 0 aromatic carbocycles. The summed E-state index contributed by atoms with van der Waals surface area (Å²) < 4.78 is 0. The maximum Gasteiger partial charge on any atom is 0.253 e. The summed E-state index contributed by atoms with van der Waals surface area (Å²) in [6.45, 7) is 5.37. The van der Waals surface area contributed by atoms with Crippen molar-refractivity contribution in [3.8, 4) is 0 Å². The third-order valence-electron chi connectivity index (χ3n) is 3.43. The Morgan fingerprint density at radius 2 is 1.95 bits per heavy atom. The van der Waals surface area contributed by atoms with E-state index in [1.807, 2.05) is 25.6 Å². The van der Waals surface area contributed by atoms with Crippen molar-refractivity contribution in [1.29, 1.82) is 0 Å². The molecule has 4 N–H and O–H groups in total. The van der Waals surface area contributed by atoms with Gasteiger partial charge in [-0.05, 0) is 12.2 Å². The number of nitrogens with zero attached hydrogens (tertiary/aromatic N) is 1. The number of hydrogen-bond acceptors (Lipinski definition) is 6. The fourth-order valence-corrected chi connectivity index (χ4v) is 4.54. The molecule has 5 nitrogen and oxygen atoms in total. The van der Waals surface area contributed by atoms with Crippen LogP contribution < -0.4 is 16.4 Å². The average molecular weight is 327 g/mol. The van der Waals surface area contributed by atoms with Crippen molar-refractivity contribution >= 4 is 45.5 Å². The van der Waals surface area contributed by atoms with Gasteiger partial charge in [-0.1, -0.05) is 13.8 Å². The molecule has 0 radical (unpaired) electrons. The second-order valence-electron chi connectivity index (χ2n) is 5.36. The molecule has 116 valence electrons. The number of carbonyl (C=O) groups excluding carboxylic acids is 2. The van der Waals surface area contributed by atoms with E-state index in [0.29, 0.717) is 10.4 Å². The van der Waals surface area contributed by atoms with E-state index in [0.717, 1.165) is 36.0 Å². The summed E-state index contributed by atoms with van der Waals surface area (Å²) in [5, 5.41) is 0.756. The molecule has 2 heterocycles. The van der Waals surface area contributed by atoms with E-state index in [-0.39, 0.29) is 17.4 Å². The number of Topliss-reactive ketones (excluding diaryl/α,β-unsaturated/α-hetero) is 1. The standard InChI is InChI=1S/C14H21N3O2S2/c1-8(2)11(18)12-10(15)9(13(16)19)14(21-12)17-4-3-6-20-7-5-17/h8H,3-7,15H2,1-2H3,(H2,16,19). The number of thioether (sulfide) groups is 1. The molecule has 0 unspecified atom stereocenters. The van der Waals surface area contributed by atoms with Crippen LogP contribution in [0.15, 0.2) is 0 Å². The molecule has 1 aromatic heterocycles. The van der Waals surface area contributed by atoms with Gasteiger partial charge in [0.15, 0.2) is 5.78 Å². The molecule has 21 heavy (non-hydrogen) atoms. The highest BCUT2D eigenvalue weighted by Gasteiger charge is 2.28. The number of rotatable bonds is 4. The molecule has 0 spiro atoms. The minimum absolute atomic E-state index is 0.0320. The minimum Gasteiger partial charge on any atom is -0.397 e. The van der Waals surface area contributed by atoms with Crippen molar-refractivity contribution in [1.82, 2.24) is 0 Å². The molecule has 0 bridgehead atoms. The Bertz CT molecular complexity index is 547. The van der Waals surface area contributed by atoms with Gasteiger partial charge in [0.2, 0.25) is 0 Å². The monoisotopic (exact) mass is 327 g/mol. The van der Waals surface area contributed by atoms with Crippen LogP contribution in [-0.4, -0.2) is 36.3 Å². The first kappa shape index (κ1) is 16.2. The van der Waals surface area contributed by atoms with Gasteiger partial charge in [0.05, 0.1) is 16.1 Å². The predicted octanol–water partition coefficient (Wildman–Crippen LogP) is 2.21. The largest absolute Gasteiger partial charge is 0.397 e. The van der Waals surface area contributed by atoms with Gasteiger partial charge >= 0.3 is 0 Å². The lowest BCUT2D eigenvalue weighted by atomic mass is 10.1. The van der Waals surface area contributed by atoms with Crippen LogP contribution in [0.5, 0.6) is 0 Å². The number of nitrogens with two attached hydrogens (primary N) is 2. The van der Waals surface area contributed by atoms with Gasteiger partial charge in [0.25, 0.3) is 5.91 Å². The van der Waals surface area contributed by atoms with Gasteiger partial charge in [-0.3, -0.25) is 9.59 Å². The molecular formula is C14H21N3O2S2. The summed E-state index contributed by atoms with van der Waals surface area (Å²) in [6, 6.07) is 0. The van der Waals surface area contributed by atoms with Crippen molar-refractivity contribution in [2.75, 3.05) is 35.2 Å². The van der Waals surface area contributed by atoms with Crippen LogP contribution in [-0.2, 0) is 0 Å². The first-order valence-electron chi connectivity index (χ1n) is 7.02. The Labute approximate surface area is 133 Å². The smallest absolute Gasteiger partial charge is 0.253 e. The van der Waals surface area contributed by atoms with Crippen LogP contribution in [0, 0.1) is 5.92 Å². The first-order valence-corrected chi connectivity index (χ1v) is 8.99. The van der Waals surface area contributed by atoms with E-state index in [1.165, 1.54) is 11.3 Å². The highest BCUT2D eigenvalue weighted by molar-refractivity contribution is 7.99. The van der Waals surface area contributed by atoms with Gasteiger partial charge in [0, 0.05) is 24.8 Å². The van der Waals surface area contributed by atoms with Crippen molar-refractivity contribution in [3.63, 3.8) is 0 Å². The summed E-state index contributed by atoms with van der Waals surface area (Å²) in [7, 11) is 0. The van der Waals surface area contributed by atoms with Gasteiger partial charge in [-0.2, -0.15) is 11.8 Å². The van der Waals surface area contributed by atoms with Gasteiger partial charge in [0.1, 0.15) is 5.00 Å². The summed E-state index contributed by atoms with van der Waals surface area (Å²) in [6.07, 6.45) is 1.05. The Balaban J connectivity index is 2.46. The zero-order valence-corrected chi connectivity index (χ0v) is 14.0. The highest BCUT2D eigenvalue weighted by Crippen LogP contribution is 2.39. The van der Waals surface area contributed by atoms with Crippen LogP contribution in [0.3, 0.4) is 0 Å². The summed E-state index contributed by atoms with van der Waals surface area (Å²) >= 11 is 3.21. The zero-order chi connectivity index (χ0) is 15.6. The lowest BCUT2D eigenvalue weighted by Crippen LogP contribution is -2.27. The fourth-order valence-electron chi connectivity index (χ4n) is 2.29. The van der Waals surface area contributed by atoms with E-state index in [2.05, 4.69) is 4.90 Å². The van der Waals surface area contributed by atoms with Crippen LogP contribution in [0.4, 0.5) is 10.7 Å². The van der Waals surface area contributed by atoms with Crippen molar-refractivity contribution < 1.29 is 9.59 Å². The van der Waals surface area contributed by atoms with Crippen LogP contribution in [0.2, 0.25) is 0 Å². The maximum absolute atomic E-state index is 12.3. The zero-order valence-electron chi connectivity index (χ0n) is 12.3. The minimum atomic E-state index is -0.557. The first-order chi connectivity index (χ1) is 9.93. The molecule has 0 aliphatic carbocycles. The number of anilines is 2. The number of ketones is 1. The molecule has 0 atom stereocenters. The number of amides is 1. The predicted molar refractivity (Wildman–Crippen MR) is 90.6 cm³/mol. The highest BCUT2D eigenvalue weighted by atomic mass is 32.2. The van der Waals surface area contributed by atoms with E-state index < -0.39 is 5.91 Å². The summed E-state index contributed by atoms with van der Waals surface area (Å²) in [5.41, 5.74) is 12.1. The fraction of sp³-hybridized carbons (Fsp3) is 0.571. The number of hydrogen-bond donors (Lipinski definition) is 2. The molecule has 1 aliphatic heterocycles. The van der Waals surface area contributed by atoms with Gasteiger partial charge in [-0.15, -0.1) is 11.3 Å². The molecule has 7 heteroatoms. The van der Waals surface area contributed by atoms with E-state index in [4.69, 9.17) is 11.5 Å². The Morgan fingerprint density at radius 1 is 1.24 bits per heavy atom. The Kier molecular flexibility index (Phi) is 5.16. The Hall–Kier alpha value is -1.21. The van der Waals surface area contributed by atoms with Crippen LogP contribution in [0.25, 0.3) is 0 Å². The van der Waals surface area contributed by atoms with Crippen LogP contribution >= 0.6 is 23.1 Å². The number of primary amides is 1. The normalized spacial score (nSPS) is 16.0. The van der Waals surface area contributed by atoms with Gasteiger partial charge in [-0.25, -0.2) is 0 Å². The number of carbonyl (C=O) groups is 2. The van der Waals surface area contributed by atoms with Crippen LogP contribution in [0.1, 0.15) is 40.3 Å². The molecule has 1 fully saturated rings. The second-order valence-corrected chi connectivity index (χ2v) is 7.59. The third-order valence-corrected chi connectivity index (χ3v) is 5.76. The quantitative estimate of drug-likeness (QED) is 0.828. The lowest BCUT2D eigenvalue weighted by Gasteiger charge is -2.21. The molecule has 1 aliphatic rings. The molecule has 1 amide bonds. The summed E-state index contributed by atoms with van der Waals surface area (Å²) in [4.78, 5) is 26.6. The molecule has 1 saturated heterocycles. The molecule has 1 aromatic rings. The average Bonchev–Trinajstić information content (AvgIpc) is 2.62. The van der Waals surface area contributed by atoms with E-state index in [9.17, 15) is 9.59 Å². The lowest BCUT2D eigenvalue weighted by molar-refractivity contribution is 0.0944. The Morgan fingerprint density at radius 3 is 2.57 bits per heavy atom. The van der Waals surface area contributed by atoms with Crippen molar-refractivity contribution in [2.24, 2.45) is 11.7 Å². The topological polar surface area (TPSA) is 89.4 Å². The third kappa shape index (κ3) is 3.35. The van der Waals surface area contributed by atoms with E-state index in [1.54, 1.807) is 0 Å². The second kappa shape index (κ2) is 6.70. The molecule has 2 rings (SSSR count). The maximum atomic E-state index is 12.3. The van der Waals surface area contributed by atoms with E-state index >= 15 is 0 Å². The SMILES string of the molecule is CC(C)C(=O)c1sc(N2CCCSCC2)c(C(N)=O)c1N. The van der Waals surface area contributed by atoms with Crippen molar-refractivity contribution in [3.05, 3.63) is 10.4 Å². The van der Waals surface area contributed by atoms with Gasteiger partial charge < -0.3 is 16.4 Å².